The molecule has 558 valence electrons. The molecule has 0 rings (SSSR count). The lowest BCUT2D eigenvalue weighted by Gasteiger charge is -2.21. The molecule has 0 bridgehead atoms. The number of phosphoric ester groups is 2. The van der Waals surface area contributed by atoms with E-state index in [9.17, 15) is 43.2 Å². The van der Waals surface area contributed by atoms with Crippen LogP contribution >= 0.6 is 15.6 Å². The summed E-state index contributed by atoms with van der Waals surface area (Å²) in [7, 11) is -9.91. The molecule has 4 unspecified atom stereocenters. The van der Waals surface area contributed by atoms with Crippen LogP contribution in [0.3, 0.4) is 0 Å². The lowest BCUT2D eigenvalue weighted by Crippen LogP contribution is -2.30. The van der Waals surface area contributed by atoms with E-state index >= 15 is 0 Å². The van der Waals surface area contributed by atoms with Crippen LogP contribution in [0.15, 0.2) is 0 Å². The average molecular weight is 1380 g/mol. The Bertz CT molecular complexity index is 1850. The molecule has 6 atom stereocenters. The molecule has 0 aromatic rings. The summed E-state index contributed by atoms with van der Waals surface area (Å²) in [5, 5.41) is 10.6. The summed E-state index contributed by atoms with van der Waals surface area (Å²) >= 11 is 0. The maximum atomic E-state index is 13.1. The van der Waals surface area contributed by atoms with Gasteiger partial charge in [-0.05, 0) is 49.4 Å². The normalized spacial score (nSPS) is 14.4. The first-order valence-corrected chi connectivity index (χ1v) is 41.7. The van der Waals surface area contributed by atoms with Gasteiger partial charge in [-0.3, -0.25) is 37.3 Å². The minimum absolute atomic E-state index is 0.105. The summed E-state index contributed by atoms with van der Waals surface area (Å²) in [5.74, 6) is 0.933. The monoisotopic (exact) mass is 1380 g/mol. The van der Waals surface area contributed by atoms with Crippen LogP contribution in [0, 0.1) is 23.7 Å². The highest BCUT2D eigenvalue weighted by Crippen LogP contribution is 2.45. The molecule has 0 radical (unpaired) electrons. The van der Waals surface area contributed by atoms with Gasteiger partial charge in [0.1, 0.15) is 19.3 Å². The number of rotatable bonds is 72. The fraction of sp³-hybridized carbons (Fsp3) is 0.947. The van der Waals surface area contributed by atoms with Crippen molar-refractivity contribution in [2.75, 3.05) is 39.6 Å². The Balaban J connectivity index is 5.23. The van der Waals surface area contributed by atoms with Crippen molar-refractivity contribution in [2.24, 2.45) is 23.7 Å². The quantitative estimate of drug-likeness (QED) is 0.0222. The molecule has 0 fully saturated rings. The van der Waals surface area contributed by atoms with E-state index in [1.807, 2.05) is 0 Å². The number of ether oxygens (including phenoxy) is 4. The van der Waals surface area contributed by atoms with Crippen molar-refractivity contribution in [3.05, 3.63) is 0 Å². The Morgan fingerprint density at radius 3 is 0.755 bits per heavy atom. The van der Waals surface area contributed by atoms with Crippen LogP contribution in [-0.2, 0) is 65.4 Å². The first-order chi connectivity index (χ1) is 45.1. The summed E-state index contributed by atoms with van der Waals surface area (Å²) < 4.78 is 68.5. The molecule has 0 aromatic carbocycles. The summed E-state index contributed by atoms with van der Waals surface area (Å²) in [6.45, 7) is 14.2. The van der Waals surface area contributed by atoms with Gasteiger partial charge in [0.2, 0.25) is 0 Å². The highest BCUT2D eigenvalue weighted by Gasteiger charge is 2.30. The third-order valence-electron chi connectivity index (χ3n) is 17.7. The zero-order chi connectivity index (χ0) is 69.6. The Kier molecular flexibility index (Phi) is 63.1. The lowest BCUT2D eigenvalue weighted by molar-refractivity contribution is -0.161. The number of aliphatic hydroxyl groups is 1. The molecule has 19 heteroatoms. The molecule has 0 saturated carbocycles. The number of unbranched alkanes of at least 4 members (excludes halogenated alkanes) is 37. The third kappa shape index (κ3) is 67.3. The summed E-state index contributed by atoms with van der Waals surface area (Å²) in [5.41, 5.74) is 0. The smallest absolute Gasteiger partial charge is 0.462 e. The van der Waals surface area contributed by atoms with Gasteiger partial charge in [-0.25, -0.2) is 9.13 Å². The first kappa shape index (κ1) is 92.1. The van der Waals surface area contributed by atoms with Crippen molar-refractivity contribution in [3.8, 4) is 0 Å². The van der Waals surface area contributed by atoms with E-state index in [1.165, 1.54) is 173 Å². The number of carbonyl (C=O) groups is 4. The van der Waals surface area contributed by atoms with Gasteiger partial charge in [0.15, 0.2) is 12.2 Å². The second kappa shape index (κ2) is 64.4. The van der Waals surface area contributed by atoms with Crippen molar-refractivity contribution in [1.29, 1.82) is 0 Å². The second-order valence-electron chi connectivity index (χ2n) is 28.7. The molecule has 0 aromatic heterocycles. The van der Waals surface area contributed by atoms with Gasteiger partial charge in [0.05, 0.1) is 26.4 Å². The van der Waals surface area contributed by atoms with Crippen molar-refractivity contribution in [1.82, 2.24) is 0 Å². The number of hydrogen-bond donors (Lipinski definition) is 3. The van der Waals surface area contributed by atoms with Gasteiger partial charge in [-0.15, -0.1) is 0 Å². The van der Waals surface area contributed by atoms with Crippen molar-refractivity contribution < 1.29 is 80.2 Å². The van der Waals surface area contributed by atoms with Crippen LogP contribution < -0.4 is 0 Å². The predicted octanol–water partition coefficient (Wildman–Crippen LogP) is 21.7. The van der Waals surface area contributed by atoms with E-state index < -0.39 is 97.5 Å². The topological polar surface area (TPSA) is 237 Å². The van der Waals surface area contributed by atoms with Gasteiger partial charge in [0.25, 0.3) is 0 Å². The maximum Gasteiger partial charge on any atom is 0.472 e. The summed E-state index contributed by atoms with van der Waals surface area (Å²) in [6, 6.07) is 0. The van der Waals surface area contributed by atoms with Gasteiger partial charge < -0.3 is 33.8 Å². The molecule has 0 heterocycles. The van der Waals surface area contributed by atoms with Gasteiger partial charge in [-0.1, -0.05) is 325 Å². The standard InChI is InChI=1S/C75H146O17P2/c1-9-68(8)54-46-38-30-22-16-12-10-11-13-17-23-31-39-47-55-72(77)85-61-70(92-75(80)58-50-42-33-25-19-21-28-36-44-52-66(4)5)63-89-93(81,82)87-59-69(76)60-88-94(83,84)90-64-71(62-86-73(78)56-48-40-34-26-29-37-45-53-67(6)7)91-74(79)57-49-41-32-24-18-14-15-20-27-35-43-51-65(2)3/h65-71,76H,9-64H2,1-8H3,(H,81,82)(H,83,84)/t68?,69?,70-,71-/m1/s1. The molecular formula is C75H146O17P2. The van der Waals surface area contributed by atoms with Crippen LogP contribution in [0.1, 0.15) is 376 Å². The van der Waals surface area contributed by atoms with Crippen LogP contribution in [0.25, 0.3) is 0 Å². The number of esters is 4. The maximum absolute atomic E-state index is 13.1. The molecule has 0 aliphatic heterocycles. The molecule has 0 saturated heterocycles. The fourth-order valence-electron chi connectivity index (χ4n) is 11.3. The van der Waals surface area contributed by atoms with Crippen molar-refractivity contribution in [3.63, 3.8) is 0 Å². The van der Waals surface area contributed by atoms with E-state index in [2.05, 4.69) is 55.4 Å². The molecule has 17 nitrogen and oxygen atoms in total. The molecule has 3 N–H and O–H groups in total. The zero-order valence-electron chi connectivity index (χ0n) is 61.6. The molecule has 94 heavy (non-hydrogen) atoms. The third-order valence-corrected chi connectivity index (χ3v) is 19.6. The van der Waals surface area contributed by atoms with Gasteiger partial charge >= 0.3 is 39.5 Å². The van der Waals surface area contributed by atoms with E-state index in [0.717, 1.165) is 114 Å². The Hall–Kier alpha value is -1.94. The Labute approximate surface area is 575 Å². The first-order valence-electron chi connectivity index (χ1n) is 38.7. The fourth-order valence-corrected chi connectivity index (χ4v) is 12.9. The number of phosphoric acid groups is 2. The van der Waals surface area contributed by atoms with Crippen LogP contribution in [0.2, 0.25) is 0 Å². The largest absolute Gasteiger partial charge is 0.472 e. The van der Waals surface area contributed by atoms with Crippen LogP contribution in [0.4, 0.5) is 0 Å². The number of aliphatic hydroxyl groups excluding tert-OH is 1. The molecule has 0 aliphatic rings. The lowest BCUT2D eigenvalue weighted by atomic mass is 9.99. The van der Waals surface area contributed by atoms with E-state index in [4.69, 9.17) is 37.0 Å². The van der Waals surface area contributed by atoms with Gasteiger partial charge in [-0.2, -0.15) is 0 Å². The second-order valence-corrected chi connectivity index (χ2v) is 31.6. The minimum atomic E-state index is -4.96. The van der Waals surface area contributed by atoms with E-state index in [-0.39, 0.29) is 25.7 Å². The summed E-state index contributed by atoms with van der Waals surface area (Å²) in [6.07, 6.45) is 48.6. The predicted molar refractivity (Wildman–Crippen MR) is 381 cm³/mol. The van der Waals surface area contributed by atoms with Crippen LogP contribution in [-0.4, -0.2) is 96.7 Å². The molecule has 0 amide bonds. The van der Waals surface area contributed by atoms with Crippen molar-refractivity contribution >= 4 is 39.5 Å². The van der Waals surface area contributed by atoms with Crippen molar-refractivity contribution in [2.45, 2.75) is 395 Å². The number of hydrogen-bond acceptors (Lipinski definition) is 15. The Morgan fingerprint density at radius 2 is 0.511 bits per heavy atom. The van der Waals surface area contributed by atoms with E-state index in [0.29, 0.717) is 31.6 Å². The van der Waals surface area contributed by atoms with Crippen LogP contribution in [0.5, 0.6) is 0 Å². The Morgan fingerprint density at radius 1 is 0.298 bits per heavy atom. The molecular weight excluding hydrogens is 1230 g/mol. The highest BCUT2D eigenvalue weighted by atomic mass is 31.2. The average Bonchev–Trinajstić information content (AvgIpc) is 1.59. The zero-order valence-corrected chi connectivity index (χ0v) is 63.4. The minimum Gasteiger partial charge on any atom is -0.462 e. The molecule has 0 aliphatic carbocycles. The number of carbonyl (C=O) groups excluding carboxylic acids is 4. The SMILES string of the molecule is CCC(C)CCCCCCCCCCCCCCCCC(=O)OC[C@H](COP(=O)(O)OCC(O)COP(=O)(O)OC[C@@H](COC(=O)CCCCCCCCCC(C)C)OC(=O)CCCCCCCCCCCCCC(C)C)OC(=O)CCCCCCCCCCCC(C)C. The summed E-state index contributed by atoms with van der Waals surface area (Å²) in [4.78, 5) is 72.7. The van der Waals surface area contributed by atoms with E-state index in [1.54, 1.807) is 0 Å². The van der Waals surface area contributed by atoms with Gasteiger partial charge in [0, 0.05) is 25.7 Å². The molecule has 0 spiro atoms. The highest BCUT2D eigenvalue weighted by molar-refractivity contribution is 7.47.